The van der Waals surface area contributed by atoms with Crippen LogP contribution in [0.1, 0.15) is 46.7 Å². The number of halogens is 2. The molecule has 2 heterocycles. The number of hydrogen-bond acceptors (Lipinski definition) is 3. The monoisotopic (exact) mass is 531 g/mol. The van der Waals surface area contributed by atoms with Crippen molar-refractivity contribution in [3.8, 4) is 0 Å². The van der Waals surface area contributed by atoms with E-state index in [0.29, 0.717) is 24.7 Å². The molecular formula is C26H31BrFN3O3. The van der Waals surface area contributed by atoms with Gasteiger partial charge in [-0.2, -0.15) is 0 Å². The molecule has 2 aliphatic rings. The Bertz CT molecular complexity index is 1040. The summed E-state index contributed by atoms with van der Waals surface area (Å²) in [6.45, 7) is 4.62. The van der Waals surface area contributed by atoms with Gasteiger partial charge in [-0.1, -0.05) is 22.0 Å². The molecule has 4 rings (SSSR count). The van der Waals surface area contributed by atoms with Crippen molar-refractivity contribution < 1.29 is 19.1 Å². The lowest BCUT2D eigenvalue weighted by molar-refractivity contribution is 0.0408. The highest BCUT2D eigenvalue weighted by Gasteiger charge is 2.38. The van der Waals surface area contributed by atoms with Crippen molar-refractivity contribution in [2.24, 2.45) is 0 Å². The minimum Gasteiger partial charge on any atom is -0.465 e. The van der Waals surface area contributed by atoms with Crippen LogP contribution in [0.15, 0.2) is 46.9 Å². The van der Waals surface area contributed by atoms with Gasteiger partial charge in [0.05, 0.1) is 0 Å². The van der Waals surface area contributed by atoms with E-state index in [1.165, 1.54) is 11.0 Å². The molecule has 182 valence electrons. The van der Waals surface area contributed by atoms with Gasteiger partial charge in [-0.15, -0.1) is 0 Å². The summed E-state index contributed by atoms with van der Waals surface area (Å²) in [5.41, 5.74) is 2.60. The van der Waals surface area contributed by atoms with Crippen molar-refractivity contribution in [2.75, 3.05) is 33.2 Å². The summed E-state index contributed by atoms with van der Waals surface area (Å²) in [7, 11) is 1.86. The van der Waals surface area contributed by atoms with Gasteiger partial charge in [0.15, 0.2) is 0 Å². The molecule has 2 aromatic carbocycles. The van der Waals surface area contributed by atoms with Gasteiger partial charge in [0, 0.05) is 61.3 Å². The number of carboxylic acid groups (broad SMARTS) is 1. The summed E-state index contributed by atoms with van der Waals surface area (Å²) in [6.07, 6.45) is 1.56. The molecule has 1 N–H and O–H groups in total. The number of hydrogen-bond donors (Lipinski definition) is 1. The molecule has 0 saturated carbocycles. The first-order chi connectivity index (χ1) is 16.2. The predicted molar refractivity (Wildman–Crippen MR) is 133 cm³/mol. The molecule has 2 saturated heterocycles. The third kappa shape index (κ3) is 5.28. The standard InChI is InChI=1S/C26H31BrFN3O3/c1-17-15-20(28)7-8-22(17)23-16-31(21-9-12-30(13-10-21)26(33)34)14-11-24(23)29(2)25(32)18-3-5-19(27)6-4-18/h3-8,15,21,23-24H,9-14,16H2,1-2H3,(H,33,34). The number of rotatable bonds is 4. The average molecular weight is 532 g/mol. The second-order valence-electron chi connectivity index (χ2n) is 9.38. The smallest absolute Gasteiger partial charge is 0.407 e. The molecule has 2 amide bonds. The van der Waals surface area contributed by atoms with Gasteiger partial charge in [0.2, 0.25) is 0 Å². The Hall–Kier alpha value is -2.45. The van der Waals surface area contributed by atoms with Crippen LogP contribution in [0.3, 0.4) is 0 Å². The van der Waals surface area contributed by atoms with Gasteiger partial charge in [0.1, 0.15) is 5.82 Å². The molecule has 2 unspecified atom stereocenters. The highest BCUT2D eigenvalue weighted by Crippen LogP contribution is 2.35. The maximum absolute atomic E-state index is 13.9. The summed E-state index contributed by atoms with van der Waals surface area (Å²) in [4.78, 5) is 30.4. The maximum Gasteiger partial charge on any atom is 0.407 e. The second-order valence-corrected chi connectivity index (χ2v) is 10.3. The Morgan fingerprint density at radius 1 is 1.06 bits per heavy atom. The molecule has 0 aromatic heterocycles. The molecule has 8 heteroatoms. The fraction of sp³-hybridized carbons (Fsp3) is 0.462. The van der Waals surface area contributed by atoms with E-state index >= 15 is 0 Å². The van der Waals surface area contributed by atoms with Crippen LogP contribution in [0.4, 0.5) is 9.18 Å². The zero-order valence-corrected chi connectivity index (χ0v) is 21.2. The molecule has 0 bridgehead atoms. The zero-order chi connectivity index (χ0) is 24.4. The zero-order valence-electron chi connectivity index (χ0n) is 19.6. The molecule has 0 radical (unpaired) electrons. The highest BCUT2D eigenvalue weighted by atomic mass is 79.9. The second kappa shape index (κ2) is 10.4. The Morgan fingerprint density at radius 3 is 2.35 bits per heavy atom. The van der Waals surface area contributed by atoms with E-state index in [4.69, 9.17) is 0 Å². The van der Waals surface area contributed by atoms with Crippen LogP contribution in [0.5, 0.6) is 0 Å². The summed E-state index contributed by atoms with van der Waals surface area (Å²) < 4.78 is 14.8. The van der Waals surface area contributed by atoms with Crippen molar-refractivity contribution in [2.45, 2.75) is 44.2 Å². The van der Waals surface area contributed by atoms with Gasteiger partial charge in [-0.3, -0.25) is 9.69 Å². The average Bonchev–Trinajstić information content (AvgIpc) is 2.83. The van der Waals surface area contributed by atoms with Crippen LogP contribution in [0.2, 0.25) is 0 Å². The number of carbonyl (C=O) groups excluding carboxylic acids is 1. The number of amides is 2. The predicted octanol–water partition coefficient (Wildman–Crippen LogP) is 4.97. The SMILES string of the molecule is Cc1cc(F)ccc1C1CN(C2CCN(C(=O)O)CC2)CCC1N(C)C(=O)c1ccc(Br)cc1. The van der Waals surface area contributed by atoms with Crippen LogP contribution in [0.25, 0.3) is 0 Å². The van der Waals surface area contributed by atoms with Crippen LogP contribution in [-0.4, -0.2) is 77.1 Å². The molecule has 0 aliphatic carbocycles. The number of carbonyl (C=O) groups is 2. The molecule has 34 heavy (non-hydrogen) atoms. The van der Waals surface area contributed by atoms with Crippen LogP contribution < -0.4 is 0 Å². The molecular weight excluding hydrogens is 501 g/mol. The Morgan fingerprint density at radius 2 is 1.74 bits per heavy atom. The Labute approximate surface area is 208 Å². The van der Waals surface area contributed by atoms with Crippen LogP contribution in [0, 0.1) is 12.7 Å². The van der Waals surface area contributed by atoms with Gasteiger partial charge in [0.25, 0.3) is 5.91 Å². The van der Waals surface area contributed by atoms with E-state index in [-0.39, 0.29) is 23.7 Å². The number of piperidine rings is 2. The lowest BCUT2D eigenvalue weighted by Crippen LogP contribution is -2.55. The molecule has 2 aromatic rings. The normalized spacial score (nSPS) is 21.9. The Balaban J connectivity index is 1.57. The number of benzene rings is 2. The van der Waals surface area contributed by atoms with E-state index in [1.807, 2.05) is 49.2 Å². The number of likely N-dealkylation sites (N-methyl/N-ethyl adjacent to an activating group) is 1. The topological polar surface area (TPSA) is 64.1 Å². The largest absolute Gasteiger partial charge is 0.465 e. The van der Waals surface area contributed by atoms with Crippen molar-refractivity contribution in [3.63, 3.8) is 0 Å². The highest BCUT2D eigenvalue weighted by molar-refractivity contribution is 9.10. The quantitative estimate of drug-likeness (QED) is 0.604. The van der Waals surface area contributed by atoms with Gasteiger partial charge >= 0.3 is 6.09 Å². The van der Waals surface area contributed by atoms with Crippen molar-refractivity contribution in [1.82, 2.24) is 14.7 Å². The van der Waals surface area contributed by atoms with Crippen molar-refractivity contribution in [1.29, 1.82) is 0 Å². The van der Waals surface area contributed by atoms with E-state index < -0.39 is 6.09 Å². The fourth-order valence-electron chi connectivity index (χ4n) is 5.49. The minimum atomic E-state index is -0.856. The minimum absolute atomic E-state index is 0.0179. The molecule has 2 atom stereocenters. The lowest BCUT2D eigenvalue weighted by atomic mass is 9.81. The first-order valence-electron chi connectivity index (χ1n) is 11.7. The van der Waals surface area contributed by atoms with E-state index in [0.717, 1.165) is 48.0 Å². The number of aryl methyl sites for hydroxylation is 1. The van der Waals surface area contributed by atoms with Crippen LogP contribution >= 0.6 is 15.9 Å². The Kier molecular flexibility index (Phi) is 7.57. The summed E-state index contributed by atoms with van der Waals surface area (Å²) in [6, 6.07) is 12.6. The van der Waals surface area contributed by atoms with Gasteiger partial charge in [-0.05, 0) is 73.7 Å². The first-order valence-corrected chi connectivity index (χ1v) is 12.5. The summed E-state index contributed by atoms with van der Waals surface area (Å²) >= 11 is 3.42. The van der Waals surface area contributed by atoms with Gasteiger partial charge < -0.3 is 14.9 Å². The summed E-state index contributed by atoms with van der Waals surface area (Å²) in [5.74, 6) is -0.243. The first kappa shape index (κ1) is 24.7. The van der Waals surface area contributed by atoms with E-state index in [2.05, 4.69) is 20.8 Å². The fourth-order valence-corrected chi connectivity index (χ4v) is 5.75. The summed E-state index contributed by atoms with van der Waals surface area (Å²) in [5, 5.41) is 9.28. The van der Waals surface area contributed by atoms with Crippen molar-refractivity contribution >= 4 is 27.9 Å². The van der Waals surface area contributed by atoms with Crippen LogP contribution in [-0.2, 0) is 0 Å². The molecule has 6 nitrogen and oxygen atoms in total. The molecule has 2 fully saturated rings. The van der Waals surface area contributed by atoms with Gasteiger partial charge in [-0.25, -0.2) is 9.18 Å². The molecule has 2 aliphatic heterocycles. The lowest BCUT2D eigenvalue weighted by Gasteiger charge is -2.47. The maximum atomic E-state index is 13.9. The van der Waals surface area contributed by atoms with E-state index in [1.54, 1.807) is 6.07 Å². The number of nitrogens with zero attached hydrogens (tertiary/aromatic N) is 3. The number of likely N-dealkylation sites (tertiary alicyclic amines) is 2. The third-order valence-electron chi connectivity index (χ3n) is 7.40. The van der Waals surface area contributed by atoms with E-state index in [9.17, 15) is 19.1 Å². The third-order valence-corrected chi connectivity index (χ3v) is 7.93. The molecule has 0 spiro atoms. The van der Waals surface area contributed by atoms with Crippen molar-refractivity contribution in [3.05, 3.63) is 69.4 Å².